The summed E-state index contributed by atoms with van der Waals surface area (Å²) in [5.41, 5.74) is 0.924. The van der Waals surface area contributed by atoms with E-state index in [9.17, 15) is 13.2 Å². The van der Waals surface area contributed by atoms with Gasteiger partial charge in [0.2, 0.25) is 10.0 Å². The van der Waals surface area contributed by atoms with E-state index in [1.807, 2.05) is 6.07 Å². The van der Waals surface area contributed by atoms with Crippen LogP contribution in [0.2, 0.25) is 10.0 Å². The Hall–Kier alpha value is -1.60. The molecule has 0 unspecified atom stereocenters. The number of halogens is 2. The molecular formula is C17H18Cl2N2O3S. The van der Waals surface area contributed by atoms with Crippen molar-refractivity contribution in [3.05, 3.63) is 63.6 Å². The molecule has 25 heavy (non-hydrogen) atoms. The number of nitrogens with zero attached hydrogens (tertiary/aromatic N) is 1. The summed E-state index contributed by atoms with van der Waals surface area (Å²) in [7, 11) is -0.816. The zero-order valence-corrected chi connectivity index (χ0v) is 16.3. The Bertz CT molecular complexity index is 899. The minimum Gasteiger partial charge on any atom is -0.345 e. The molecule has 0 saturated carbocycles. The summed E-state index contributed by atoms with van der Waals surface area (Å²) >= 11 is 12.0. The molecule has 0 heterocycles. The smallest absolute Gasteiger partial charge is 0.253 e. The summed E-state index contributed by atoms with van der Waals surface area (Å²) in [5, 5.41) is 3.54. The van der Waals surface area contributed by atoms with Crippen molar-refractivity contribution >= 4 is 39.1 Å². The number of sulfonamides is 1. The Morgan fingerprint density at radius 1 is 1.12 bits per heavy atom. The fourth-order valence-electron chi connectivity index (χ4n) is 2.18. The van der Waals surface area contributed by atoms with Crippen LogP contribution in [0.5, 0.6) is 0 Å². The topological polar surface area (TPSA) is 66.5 Å². The van der Waals surface area contributed by atoms with Crippen molar-refractivity contribution in [2.45, 2.75) is 17.9 Å². The molecule has 134 valence electrons. The highest BCUT2D eigenvalue weighted by atomic mass is 35.5. The standard InChI is InChI=1S/C17H18Cl2N2O3S/c1-11(12-5-4-6-13(18)9-12)20-17(22)15-10-14(7-8-16(15)19)25(23,24)21(2)3/h4-11H,1-3H3,(H,20,22)/t11-/m1/s1. The van der Waals surface area contributed by atoms with Crippen LogP contribution in [0.15, 0.2) is 47.4 Å². The highest BCUT2D eigenvalue weighted by Gasteiger charge is 2.21. The highest BCUT2D eigenvalue weighted by Crippen LogP contribution is 2.23. The van der Waals surface area contributed by atoms with Gasteiger partial charge in [-0.3, -0.25) is 4.79 Å². The van der Waals surface area contributed by atoms with Gasteiger partial charge in [-0.15, -0.1) is 0 Å². The molecule has 0 aromatic heterocycles. The molecule has 0 radical (unpaired) electrons. The lowest BCUT2D eigenvalue weighted by molar-refractivity contribution is 0.0940. The van der Waals surface area contributed by atoms with Crippen LogP contribution in [-0.4, -0.2) is 32.7 Å². The molecule has 0 saturated heterocycles. The van der Waals surface area contributed by atoms with Crippen LogP contribution in [0.1, 0.15) is 28.9 Å². The summed E-state index contributed by atoms with van der Waals surface area (Å²) in [6, 6.07) is 10.8. The highest BCUT2D eigenvalue weighted by molar-refractivity contribution is 7.89. The molecule has 0 aliphatic carbocycles. The Morgan fingerprint density at radius 2 is 1.80 bits per heavy atom. The molecule has 2 aromatic carbocycles. The zero-order chi connectivity index (χ0) is 18.8. The van der Waals surface area contributed by atoms with E-state index >= 15 is 0 Å². The molecule has 2 aromatic rings. The van der Waals surface area contributed by atoms with Crippen LogP contribution >= 0.6 is 23.2 Å². The lowest BCUT2D eigenvalue weighted by Crippen LogP contribution is -2.28. The lowest BCUT2D eigenvalue weighted by atomic mass is 10.1. The second kappa shape index (κ2) is 7.74. The molecule has 1 N–H and O–H groups in total. The first kappa shape index (κ1) is 19.7. The van der Waals surface area contributed by atoms with Crippen molar-refractivity contribution in [3.63, 3.8) is 0 Å². The molecule has 0 aliphatic rings. The zero-order valence-electron chi connectivity index (χ0n) is 14.0. The molecule has 2 rings (SSSR count). The third-order valence-electron chi connectivity index (χ3n) is 3.66. The maximum absolute atomic E-state index is 12.5. The maximum Gasteiger partial charge on any atom is 0.253 e. The van der Waals surface area contributed by atoms with Crippen LogP contribution in [0.3, 0.4) is 0 Å². The number of carbonyl (C=O) groups excluding carboxylic acids is 1. The first-order valence-corrected chi connectivity index (χ1v) is 9.61. The Morgan fingerprint density at radius 3 is 2.40 bits per heavy atom. The third-order valence-corrected chi connectivity index (χ3v) is 6.03. The van der Waals surface area contributed by atoms with Gasteiger partial charge in [0, 0.05) is 19.1 Å². The van der Waals surface area contributed by atoms with Gasteiger partial charge in [-0.2, -0.15) is 0 Å². The van der Waals surface area contributed by atoms with E-state index in [1.54, 1.807) is 25.1 Å². The molecule has 0 fully saturated rings. The average molecular weight is 401 g/mol. The van der Waals surface area contributed by atoms with Crippen molar-refractivity contribution in [1.82, 2.24) is 9.62 Å². The molecular weight excluding hydrogens is 383 g/mol. The summed E-state index contributed by atoms with van der Waals surface area (Å²) in [6.45, 7) is 1.80. The summed E-state index contributed by atoms with van der Waals surface area (Å²) < 4.78 is 25.5. The van der Waals surface area contributed by atoms with Crippen LogP contribution in [-0.2, 0) is 10.0 Å². The summed E-state index contributed by atoms with van der Waals surface area (Å²) in [4.78, 5) is 12.5. The fourth-order valence-corrected chi connectivity index (χ4v) is 3.51. The predicted molar refractivity (Wildman–Crippen MR) is 99.7 cm³/mol. The number of hydrogen-bond acceptors (Lipinski definition) is 3. The second-order valence-corrected chi connectivity index (χ2v) is 8.67. The Kier molecular flexibility index (Phi) is 6.11. The van der Waals surface area contributed by atoms with Crippen molar-refractivity contribution in [2.24, 2.45) is 0 Å². The summed E-state index contributed by atoms with van der Waals surface area (Å²) in [6.07, 6.45) is 0. The first-order valence-electron chi connectivity index (χ1n) is 7.41. The van der Waals surface area contributed by atoms with Crippen molar-refractivity contribution in [3.8, 4) is 0 Å². The maximum atomic E-state index is 12.5. The van der Waals surface area contributed by atoms with Gasteiger partial charge < -0.3 is 5.32 Å². The number of amides is 1. The SMILES string of the molecule is C[C@@H](NC(=O)c1cc(S(=O)(=O)N(C)C)ccc1Cl)c1cccc(Cl)c1. The predicted octanol–water partition coefficient (Wildman–Crippen LogP) is 3.73. The van der Waals surface area contributed by atoms with Gasteiger partial charge in [0.1, 0.15) is 0 Å². The van der Waals surface area contributed by atoms with Gasteiger partial charge in [-0.1, -0.05) is 35.3 Å². The number of nitrogens with one attached hydrogen (secondary N) is 1. The van der Waals surface area contributed by atoms with E-state index in [2.05, 4.69) is 5.32 Å². The van der Waals surface area contributed by atoms with E-state index in [-0.39, 0.29) is 21.5 Å². The minimum absolute atomic E-state index is 0.00228. The van der Waals surface area contributed by atoms with Crippen LogP contribution < -0.4 is 5.32 Å². The van der Waals surface area contributed by atoms with Crippen LogP contribution in [0.4, 0.5) is 0 Å². The molecule has 1 amide bonds. The molecule has 8 heteroatoms. The quantitative estimate of drug-likeness (QED) is 0.830. The van der Waals surface area contributed by atoms with Gasteiger partial charge >= 0.3 is 0 Å². The van der Waals surface area contributed by atoms with Crippen molar-refractivity contribution < 1.29 is 13.2 Å². The molecule has 0 bridgehead atoms. The van der Waals surface area contributed by atoms with Crippen molar-refractivity contribution in [2.75, 3.05) is 14.1 Å². The number of hydrogen-bond donors (Lipinski definition) is 1. The second-order valence-electron chi connectivity index (χ2n) is 5.68. The van der Waals surface area contributed by atoms with E-state index in [4.69, 9.17) is 23.2 Å². The monoisotopic (exact) mass is 400 g/mol. The van der Waals surface area contributed by atoms with E-state index in [0.717, 1.165) is 9.87 Å². The average Bonchev–Trinajstić information content (AvgIpc) is 2.54. The van der Waals surface area contributed by atoms with E-state index in [0.29, 0.717) is 5.02 Å². The Labute approximate surface area is 157 Å². The first-order chi connectivity index (χ1) is 11.6. The van der Waals surface area contributed by atoms with E-state index < -0.39 is 15.9 Å². The van der Waals surface area contributed by atoms with Crippen LogP contribution in [0.25, 0.3) is 0 Å². The number of rotatable bonds is 5. The largest absolute Gasteiger partial charge is 0.345 e. The lowest BCUT2D eigenvalue weighted by Gasteiger charge is -2.16. The van der Waals surface area contributed by atoms with Gasteiger partial charge in [0.05, 0.1) is 21.5 Å². The number of benzene rings is 2. The molecule has 0 spiro atoms. The molecule has 5 nitrogen and oxygen atoms in total. The number of carbonyl (C=O) groups is 1. The van der Waals surface area contributed by atoms with Crippen LogP contribution in [0, 0.1) is 0 Å². The van der Waals surface area contributed by atoms with E-state index in [1.165, 1.54) is 32.3 Å². The molecule has 1 atom stereocenters. The van der Waals surface area contributed by atoms with Gasteiger partial charge in [-0.05, 0) is 42.8 Å². The summed E-state index contributed by atoms with van der Waals surface area (Å²) in [5.74, 6) is -0.465. The fraction of sp³-hybridized carbons (Fsp3) is 0.235. The Balaban J connectivity index is 2.30. The van der Waals surface area contributed by atoms with Gasteiger partial charge in [0.25, 0.3) is 5.91 Å². The van der Waals surface area contributed by atoms with Crippen molar-refractivity contribution in [1.29, 1.82) is 0 Å². The minimum atomic E-state index is -3.66. The van der Waals surface area contributed by atoms with Gasteiger partial charge in [0.15, 0.2) is 0 Å². The normalized spacial score (nSPS) is 12.9. The molecule has 0 aliphatic heterocycles. The van der Waals surface area contributed by atoms with Gasteiger partial charge in [-0.25, -0.2) is 12.7 Å². The third kappa shape index (κ3) is 4.52.